The van der Waals surface area contributed by atoms with Gasteiger partial charge in [0.25, 0.3) is 0 Å². The van der Waals surface area contributed by atoms with Crippen molar-refractivity contribution in [1.82, 2.24) is 0 Å². The van der Waals surface area contributed by atoms with Gasteiger partial charge in [-0.1, -0.05) is 12.1 Å². The van der Waals surface area contributed by atoms with Crippen molar-refractivity contribution < 1.29 is 14.4 Å². The first-order chi connectivity index (χ1) is 7.27. The Hall–Kier alpha value is -1.62. The fraction of sp³-hybridized carbons (Fsp3) is 0.400. The van der Waals surface area contributed by atoms with Crippen LogP contribution in [-0.2, 0) is 4.74 Å². The van der Waals surface area contributed by atoms with Crippen molar-refractivity contribution in [3.63, 3.8) is 0 Å². The average Bonchev–Trinajstić information content (AvgIpc) is 2.71. The van der Waals surface area contributed by atoms with Crippen LogP contribution in [0.3, 0.4) is 0 Å². The molecular weight excluding hydrogens is 198 g/mol. The van der Waals surface area contributed by atoms with Crippen molar-refractivity contribution in [3.8, 4) is 5.75 Å². The van der Waals surface area contributed by atoms with E-state index in [4.69, 9.17) is 9.47 Å². The van der Waals surface area contributed by atoms with Crippen molar-refractivity contribution in [1.29, 1.82) is 0 Å². The van der Waals surface area contributed by atoms with Gasteiger partial charge in [0, 0.05) is 12.5 Å². The Morgan fingerprint density at radius 3 is 2.93 bits per heavy atom. The summed E-state index contributed by atoms with van der Waals surface area (Å²) in [6, 6.07) is 6.38. The highest BCUT2D eigenvalue weighted by Crippen LogP contribution is 2.28. The van der Waals surface area contributed by atoms with Crippen LogP contribution in [0.15, 0.2) is 24.3 Å². The second-order valence-electron chi connectivity index (χ2n) is 3.33. The van der Waals surface area contributed by atoms with Gasteiger partial charge in [-0.3, -0.25) is 10.1 Å². The number of hydrogen-bond donors (Lipinski definition) is 0. The van der Waals surface area contributed by atoms with Gasteiger partial charge in [-0.05, 0) is 6.07 Å². The number of benzene rings is 1. The molecule has 1 aliphatic rings. The molecule has 0 aliphatic carbocycles. The Morgan fingerprint density at radius 2 is 2.27 bits per heavy atom. The molecule has 0 saturated carbocycles. The largest absolute Gasteiger partial charge is 0.481 e. The number of nitrogens with zero attached hydrogens (tertiary/aromatic N) is 1. The molecule has 5 heteroatoms. The minimum absolute atomic E-state index is 0.00407. The van der Waals surface area contributed by atoms with Gasteiger partial charge in [0.05, 0.1) is 18.1 Å². The summed E-state index contributed by atoms with van der Waals surface area (Å²) in [5.41, 5.74) is 0.00407. The summed E-state index contributed by atoms with van der Waals surface area (Å²) < 4.78 is 10.6. The van der Waals surface area contributed by atoms with Crippen LogP contribution < -0.4 is 4.74 Å². The molecule has 1 aromatic rings. The highest BCUT2D eigenvalue weighted by molar-refractivity contribution is 5.45. The fourth-order valence-electron chi connectivity index (χ4n) is 1.49. The maximum Gasteiger partial charge on any atom is 0.310 e. The quantitative estimate of drug-likeness (QED) is 0.562. The number of nitro groups is 1. The lowest BCUT2D eigenvalue weighted by atomic mass is 10.3. The molecule has 80 valence electrons. The van der Waals surface area contributed by atoms with Gasteiger partial charge >= 0.3 is 5.69 Å². The predicted molar refractivity (Wildman–Crippen MR) is 52.9 cm³/mol. The highest BCUT2D eigenvalue weighted by Gasteiger charge is 2.21. The molecule has 1 saturated heterocycles. The van der Waals surface area contributed by atoms with E-state index in [2.05, 4.69) is 0 Å². The molecule has 0 N–H and O–H groups in total. The predicted octanol–water partition coefficient (Wildman–Crippen LogP) is 1.76. The molecule has 2 rings (SSSR count). The molecule has 0 bridgehead atoms. The summed E-state index contributed by atoms with van der Waals surface area (Å²) in [6.45, 7) is 1.16. The van der Waals surface area contributed by atoms with E-state index in [9.17, 15) is 10.1 Å². The molecule has 1 fully saturated rings. The Bertz CT molecular complexity index is 360. The van der Waals surface area contributed by atoms with Crippen LogP contribution in [0.4, 0.5) is 5.69 Å². The SMILES string of the molecule is O=[N+]([O-])c1ccccc1O[C@@H]1CCOC1. The molecule has 15 heavy (non-hydrogen) atoms. The van der Waals surface area contributed by atoms with Crippen molar-refractivity contribution in [2.45, 2.75) is 12.5 Å². The van der Waals surface area contributed by atoms with Gasteiger partial charge < -0.3 is 9.47 Å². The van der Waals surface area contributed by atoms with Crippen LogP contribution in [0.2, 0.25) is 0 Å². The molecule has 1 aromatic carbocycles. The molecular formula is C10H11NO4. The Balaban J connectivity index is 2.15. The van der Waals surface area contributed by atoms with Crippen LogP contribution in [0.1, 0.15) is 6.42 Å². The van der Waals surface area contributed by atoms with Crippen molar-refractivity contribution >= 4 is 5.69 Å². The number of hydrogen-bond acceptors (Lipinski definition) is 4. The van der Waals surface area contributed by atoms with E-state index in [0.717, 1.165) is 6.42 Å². The molecule has 1 atom stereocenters. The lowest BCUT2D eigenvalue weighted by Gasteiger charge is -2.11. The highest BCUT2D eigenvalue weighted by atomic mass is 16.6. The van der Waals surface area contributed by atoms with Crippen molar-refractivity contribution in [2.24, 2.45) is 0 Å². The van der Waals surface area contributed by atoms with Crippen LogP contribution in [0.25, 0.3) is 0 Å². The van der Waals surface area contributed by atoms with Crippen LogP contribution >= 0.6 is 0 Å². The smallest absolute Gasteiger partial charge is 0.310 e. The Labute approximate surface area is 86.8 Å². The van der Waals surface area contributed by atoms with Crippen molar-refractivity contribution in [2.75, 3.05) is 13.2 Å². The monoisotopic (exact) mass is 209 g/mol. The Kier molecular flexibility index (Phi) is 2.82. The minimum Gasteiger partial charge on any atom is -0.481 e. The van der Waals surface area contributed by atoms with Gasteiger partial charge in [0.1, 0.15) is 6.10 Å². The molecule has 0 spiro atoms. The molecule has 0 aromatic heterocycles. The van der Waals surface area contributed by atoms with E-state index in [1.54, 1.807) is 18.2 Å². The molecule has 5 nitrogen and oxygen atoms in total. The lowest BCUT2D eigenvalue weighted by molar-refractivity contribution is -0.386. The topological polar surface area (TPSA) is 61.6 Å². The average molecular weight is 209 g/mol. The van der Waals surface area contributed by atoms with Gasteiger partial charge in [-0.15, -0.1) is 0 Å². The zero-order chi connectivity index (χ0) is 10.7. The third kappa shape index (κ3) is 2.24. The Morgan fingerprint density at radius 1 is 1.47 bits per heavy atom. The normalized spacial score (nSPS) is 20.1. The van der Waals surface area contributed by atoms with Gasteiger partial charge in [-0.2, -0.15) is 0 Å². The summed E-state index contributed by atoms with van der Waals surface area (Å²) in [5.74, 6) is 0.318. The molecule has 0 radical (unpaired) electrons. The first kappa shape index (κ1) is 9.92. The fourth-order valence-corrected chi connectivity index (χ4v) is 1.49. The summed E-state index contributed by atoms with van der Waals surface area (Å²) in [6.07, 6.45) is 0.720. The molecule has 0 unspecified atom stereocenters. The van der Waals surface area contributed by atoms with E-state index >= 15 is 0 Å². The van der Waals surface area contributed by atoms with Crippen molar-refractivity contribution in [3.05, 3.63) is 34.4 Å². The third-order valence-electron chi connectivity index (χ3n) is 2.24. The van der Waals surface area contributed by atoms with E-state index in [1.165, 1.54) is 6.07 Å². The minimum atomic E-state index is -0.439. The number of ether oxygens (including phenoxy) is 2. The molecule has 1 aliphatic heterocycles. The lowest BCUT2D eigenvalue weighted by Crippen LogP contribution is -2.16. The summed E-state index contributed by atoms with van der Waals surface area (Å²) in [5, 5.41) is 10.7. The zero-order valence-corrected chi connectivity index (χ0v) is 8.09. The van der Waals surface area contributed by atoms with Gasteiger partial charge in [0.15, 0.2) is 5.75 Å². The molecule has 0 amide bonds. The van der Waals surface area contributed by atoms with E-state index in [0.29, 0.717) is 19.0 Å². The standard InChI is InChI=1S/C10H11NO4/c12-11(13)9-3-1-2-4-10(9)15-8-5-6-14-7-8/h1-4,8H,5-7H2/t8-/m1/s1. The second kappa shape index (κ2) is 4.27. The summed E-state index contributed by atoms with van der Waals surface area (Å²) in [7, 11) is 0. The summed E-state index contributed by atoms with van der Waals surface area (Å²) in [4.78, 5) is 10.3. The first-order valence-electron chi connectivity index (χ1n) is 4.75. The van der Waals surface area contributed by atoms with Crippen LogP contribution in [-0.4, -0.2) is 24.2 Å². The first-order valence-corrected chi connectivity index (χ1v) is 4.75. The number of rotatable bonds is 3. The maximum atomic E-state index is 10.7. The molecule has 1 heterocycles. The second-order valence-corrected chi connectivity index (χ2v) is 3.33. The zero-order valence-electron chi connectivity index (χ0n) is 8.09. The number of nitro benzene ring substituents is 1. The van der Waals surface area contributed by atoms with E-state index in [1.807, 2.05) is 0 Å². The van der Waals surface area contributed by atoms with E-state index in [-0.39, 0.29) is 11.8 Å². The van der Waals surface area contributed by atoms with Gasteiger partial charge in [0.2, 0.25) is 0 Å². The maximum absolute atomic E-state index is 10.7. The van der Waals surface area contributed by atoms with Crippen LogP contribution in [0, 0.1) is 10.1 Å². The third-order valence-corrected chi connectivity index (χ3v) is 2.24. The van der Waals surface area contributed by atoms with Gasteiger partial charge in [-0.25, -0.2) is 0 Å². The number of para-hydroxylation sites is 2. The van der Waals surface area contributed by atoms with E-state index < -0.39 is 4.92 Å². The van der Waals surface area contributed by atoms with Crippen LogP contribution in [0.5, 0.6) is 5.75 Å². The summed E-state index contributed by atoms with van der Waals surface area (Å²) >= 11 is 0.